The van der Waals surface area contributed by atoms with Gasteiger partial charge in [0.15, 0.2) is 0 Å². The van der Waals surface area contributed by atoms with Gasteiger partial charge in [-0.15, -0.1) is 0 Å². The highest BCUT2D eigenvalue weighted by molar-refractivity contribution is 5.96. The summed E-state index contributed by atoms with van der Waals surface area (Å²) in [6.07, 6.45) is 0. The van der Waals surface area contributed by atoms with Crippen LogP contribution >= 0.6 is 0 Å². The van der Waals surface area contributed by atoms with E-state index in [1.54, 1.807) is 4.57 Å². The van der Waals surface area contributed by atoms with Crippen LogP contribution in [0.5, 0.6) is 0 Å². The molecule has 106 valence electrons. The number of para-hydroxylation sites is 1. The van der Waals surface area contributed by atoms with Crippen LogP contribution in [0, 0.1) is 6.92 Å². The second-order valence-corrected chi connectivity index (χ2v) is 5.35. The molecule has 0 radical (unpaired) electrons. The van der Waals surface area contributed by atoms with Crippen LogP contribution in [0.15, 0.2) is 71.5 Å². The van der Waals surface area contributed by atoms with Crippen LogP contribution in [0.1, 0.15) is 5.82 Å². The minimum Gasteiger partial charge on any atom is -0.268 e. The van der Waals surface area contributed by atoms with Gasteiger partial charge < -0.3 is 0 Å². The van der Waals surface area contributed by atoms with Crippen molar-refractivity contribution in [1.82, 2.24) is 9.55 Å². The van der Waals surface area contributed by atoms with Crippen molar-refractivity contribution in [1.29, 1.82) is 0 Å². The molecule has 0 fully saturated rings. The van der Waals surface area contributed by atoms with E-state index in [1.807, 2.05) is 73.7 Å². The Morgan fingerprint density at radius 1 is 0.864 bits per heavy atom. The van der Waals surface area contributed by atoms with Gasteiger partial charge in [-0.2, -0.15) is 0 Å². The Balaban J connectivity index is 2.12. The summed E-state index contributed by atoms with van der Waals surface area (Å²) in [4.78, 5) is 17.5. The Morgan fingerprint density at radius 3 is 2.23 bits per heavy atom. The zero-order chi connectivity index (χ0) is 15.1. The molecular formula is C19H14N2O. The summed E-state index contributed by atoms with van der Waals surface area (Å²) in [5, 5.41) is 2.80. The first-order chi connectivity index (χ1) is 10.7. The highest BCUT2D eigenvalue weighted by Gasteiger charge is 2.10. The lowest BCUT2D eigenvalue weighted by molar-refractivity contribution is 0.895. The third-order valence-electron chi connectivity index (χ3n) is 3.92. The smallest absolute Gasteiger partial charge is 0.265 e. The first kappa shape index (κ1) is 12.8. The highest BCUT2D eigenvalue weighted by Crippen LogP contribution is 2.20. The summed E-state index contributed by atoms with van der Waals surface area (Å²) >= 11 is 0. The minimum absolute atomic E-state index is 0.0283. The largest absolute Gasteiger partial charge is 0.268 e. The predicted octanol–water partition coefficient (Wildman–Crippen LogP) is 3.85. The van der Waals surface area contributed by atoms with Gasteiger partial charge in [-0.25, -0.2) is 4.98 Å². The Morgan fingerprint density at radius 2 is 1.50 bits per heavy atom. The van der Waals surface area contributed by atoms with Crippen molar-refractivity contribution in [3.8, 4) is 5.69 Å². The topological polar surface area (TPSA) is 34.9 Å². The van der Waals surface area contributed by atoms with Gasteiger partial charge in [0, 0.05) is 0 Å². The maximum atomic E-state index is 12.9. The fourth-order valence-electron chi connectivity index (χ4n) is 2.86. The molecule has 0 unspecified atom stereocenters. The number of aromatic nitrogens is 2. The standard InChI is InChI=1S/C19H14N2O/c1-13-20-18-12-15-8-6-5-7-14(15)11-17(18)19(22)21(13)16-9-3-2-4-10-16/h2-12H,1H3. The molecule has 4 rings (SSSR count). The zero-order valence-electron chi connectivity index (χ0n) is 12.2. The van der Waals surface area contributed by atoms with Gasteiger partial charge in [0.2, 0.25) is 0 Å². The molecule has 4 aromatic rings. The lowest BCUT2D eigenvalue weighted by Crippen LogP contribution is -2.22. The summed E-state index contributed by atoms with van der Waals surface area (Å²) < 4.78 is 1.66. The van der Waals surface area contributed by atoms with Crippen LogP contribution in [0.2, 0.25) is 0 Å². The van der Waals surface area contributed by atoms with Crippen molar-refractivity contribution in [3.63, 3.8) is 0 Å². The van der Waals surface area contributed by atoms with Crippen LogP contribution in [-0.4, -0.2) is 9.55 Å². The highest BCUT2D eigenvalue weighted by atomic mass is 16.1. The van der Waals surface area contributed by atoms with E-state index in [9.17, 15) is 4.79 Å². The summed E-state index contributed by atoms with van der Waals surface area (Å²) in [5.74, 6) is 0.694. The van der Waals surface area contributed by atoms with Gasteiger partial charge in [-0.3, -0.25) is 9.36 Å². The van der Waals surface area contributed by atoms with Crippen molar-refractivity contribution >= 4 is 21.7 Å². The van der Waals surface area contributed by atoms with Crippen LogP contribution < -0.4 is 5.56 Å². The zero-order valence-corrected chi connectivity index (χ0v) is 12.2. The average Bonchev–Trinajstić information content (AvgIpc) is 2.54. The molecule has 0 saturated carbocycles. The third-order valence-corrected chi connectivity index (χ3v) is 3.92. The molecule has 1 heterocycles. The average molecular weight is 286 g/mol. The van der Waals surface area contributed by atoms with Gasteiger partial charge in [0.05, 0.1) is 16.6 Å². The van der Waals surface area contributed by atoms with Crippen LogP contribution in [0.25, 0.3) is 27.4 Å². The van der Waals surface area contributed by atoms with Crippen LogP contribution in [-0.2, 0) is 0 Å². The Bertz CT molecular complexity index is 1050. The van der Waals surface area contributed by atoms with Gasteiger partial charge >= 0.3 is 0 Å². The maximum Gasteiger partial charge on any atom is 0.265 e. The molecule has 0 aliphatic heterocycles. The van der Waals surface area contributed by atoms with E-state index in [0.29, 0.717) is 11.2 Å². The summed E-state index contributed by atoms with van der Waals surface area (Å²) in [6.45, 7) is 1.86. The van der Waals surface area contributed by atoms with Gasteiger partial charge in [-0.1, -0.05) is 42.5 Å². The molecule has 0 bridgehead atoms. The lowest BCUT2D eigenvalue weighted by atomic mass is 10.1. The number of hydrogen-bond acceptors (Lipinski definition) is 2. The van der Waals surface area contributed by atoms with Gasteiger partial charge in [0.25, 0.3) is 5.56 Å². The third kappa shape index (κ3) is 1.91. The van der Waals surface area contributed by atoms with E-state index in [-0.39, 0.29) is 5.56 Å². The number of rotatable bonds is 1. The number of hydrogen-bond donors (Lipinski definition) is 0. The minimum atomic E-state index is -0.0283. The molecule has 0 atom stereocenters. The Hall–Kier alpha value is -2.94. The molecular weight excluding hydrogens is 272 g/mol. The molecule has 0 spiro atoms. The van der Waals surface area contributed by atoms with Crippen molar-refractivity contribution < 1.29 is 0 Å². The molecule has 0 aliphatic rings. The van der Waals surface area contributed by atoms with Crippen molar-refractivity contribution in [3.05, 3.63) is 82.9 Å². The summed E-state index contributed by atoms with van der Waals surface area (Å²) in [7, 11) is 0. The van der Waals surface area contributed by atoms with E-state index in [2.05, 4.69) is 4.98 Å². The molecule has 1 aromatic heterocycles. The number of nitrogens with zero attached hydrogens (tertiary/aromatic N) is 2. The first-order valence-electron chi connectivity index (χ1n) is 7.21. The number of aryl methyl sites for hydroxylation is 1. The Kier molecular flexibility index (Phi) is 2.79. The van der Waals surface area contributed by atoms with Crippen LogP contribution in [0.3, 0.4) is 0 Å². The maximum absolute atomic E-state index is 12.9. The fourth-order valence-corrected chi connectivity index (χ4v) is 2.86. The SMILES string of the molecule is Cc1nc2cc3ccccc3cc2c(=O)n1-c1ccccc1. The molecule has 3 heteroatoms. The van der Waals surface area contributed by atoms with E-state index >= 15 is 0 Å². The van der Waals surface area contributed by atoms with Crippen molar-refractivity contribution in [2.75, 3.05) is 0 Å². The summed E-state index contributed by atoms with van der Waals surface area (Å²) in [5.41, 5.74) is 1.56. The monoisotopic (exact) mass is 286 g/mol. The molecule has 3 aromatic carbocycles. The molecule has 0 saturated heterocycles. The second kappa shape index (κ2) is 4.81. The molecule has 3 nitrogen and oxygen atoms in total. The lowest BCUT2D eigenvalue weighted by Gasteiger charge is -2.11. The van der Waals surface area contributed by atoms with E-state index in [4.69, 9.17) is 0 Å². The second-order valence-electron chi connectivity index (χ2n) is 5.35. The van der Waals surface area contributed by atoms with E-state index in [1.165, 1.54) is 0 Å². The van der Waals surface area contributed by atoms with Gasteiger partial charge in [0.1, 0.15) is 5.82 Å². The molecule has 22 heavy (non-hydrogen) atoms. The summed E-state index contributed by atoms with van der Waals surface area (Å²) in [6, 6.07) is 21.6. The van der Waals surface area contributed by atoms with Crippen molar-refractivity contribution in [2.45, 2.75) is 6.92 Å². The molecule has 0 amide bonds. The first-order valence-corrected chi connectivity index (χ1v) is 7.21. The van der Waals surface area contributed by atoms with Gasteiger partial charge in [-0.05, 0) is 42.0 Å². The fraction of sp³-hybridized carbons (Fsp3) is 0.0526. The van der Waals surface area contributed by atoms with Crippen molar-refractivity contribution in [2.24, 2.45) is 0 Å². The van der Waals surface area contributed by atoms with Crippen LogP contribution in [0.4, 0.5) is 0 Å². The quantitative estimate of drug-likeness (QED) is 0.498. The van der Waals surface area contributed by atoms with E-state index in [0.717, 1.165) is 22.0 Å². The molecule has 0 N–H and O–H groups in total. The Labute approximate surface area is 127 Å². The predicted molar refractivity (Wildman–Crippen MR) is 89.6 cm³/mol. The van der Waals surface area contributed by atoms with E-state index < -0.39 is 0 Å². The molecule has 0 aliphatic carbocycles. The normalized spacial score (nSPS) is 11.1. The number of benzene rings is 3. The number of fused-ring (bicyclic) bond motifs is 2.